The second-order valence-electron chi connectivity index (χ2n) is 7.44. The number of hydrogen-bond donors (Lipinski definition) is 2. The van der Waals surface area contributed by atoms with Gasteiger partial charge < -0.3 is 4.98 Å². The van der Waals surface area contributed by atoms with Gasteiger partial charge in [-0.25, -0.2) is 14.5 Å². The van der Waals surface area contributed by atoms with Gasteiger partial charge in [0.25, 0.3) is 0 Å². The van der Waals surface area contributed by atoms with E-state index in [-0.39, 0.29) is 5.78 Å². The lowest BCUT2D eigenvalue weighted by molar-refractivity contribution is 0.0980. The Labute approximate surface area is 188 Å². The first-order valence-electron chi connectivity index (χ1n) is 10.3. The number of imidazole rings is 1. The molecule has 0 aliphatic carbocycles. The molecule has 2 N–H and O–H groups in total. The minimum Gasteiger partial charge on any atom is -0.348 e. The summed E-state index contributed by atoms with van der Waals surface area (Å²) in [5, 5.41) is 12.6. The Bertz CT molecular complexity index is 1340. The standard InChI is InChI=1S/C23H21N7OS/c31-22(8-2-5-17-13-24-14-25-17)16-4-1-6-19(10-16)32-23-12-18(28-29-23)11-20-21-7-3-9-30(21)27-15-26-20/h1,3-4,6-7,9-10,12-15H,2,5,8,11H2,(H,24,25)(H,28,29). The molecule has 160 valence electrons. The van der Waals surface area contributed by atoms with E-state index in [0.717, 1.165) is 50.9 Å². The van der Waals surface area contributed by atoms with Crippen molar-refractivity contribution in [3.63, 3.8) is 0 Å². The second kappa shape index (κ2) is 9.19. The molecule has 0 saturated heterocycles. The van der Waals surface area contributed by atoms with Crippen molar-refractivity contribution in [3.8, 4) is 0 Å². The van der Waals surface area contributed by atoms with Crippen LogP contribution in [0.15, 0.2) is 77.4 Å². The third-order valence-corrected chi connectivity index (χ3v) is 6.07. The minimum absolute atomic E-state index is 0.148. The van der Waals surface area contributed by atoms with Gasteiger partial charge in [-0.05, 0) is 43.2 Å². The van der Waals surface area contributed by atoms with E-state index in [1.54, 1.807) is 18.9 Å². The molecule has 0 radical (unpaired) electrons. The molecule has 32 heavy (non-hydrogen) atoms. The van der Waals surface area contributed by atoms with Crippen molar-refractivity contribution < 1.29 is 4.79 Å². The summed E-state index contributed by atoms with van der Waals surface area (Å²) >= 11 is 1.53. The Hall–Kier alpha value is -3.72. The van der Waals surface area contributed by atoms with Crippen LogP contribution in [0.2, 0.25) is 0 Å². The maximum atomic E-state index is 12.6. The first-order chi connectivity index (χ1) is 15.7. The Kier molecular flexibility index (Phi) is 5.80. The van der Waals surface area contributed by atoms with Crippen molar-refractivity contribution >= 4 is 23.1 Å². The lowest BCUT2D eigenvalue weighted by atomic mass is 10.1. The number of carbonyl (C=O) groups excluding carboxylic acids is 1. The second-order valence-corrected chi connectivity index (χ2v) is 8.53. The van der Waals surface area contributed by atoms with E-state index in [4.69, 9.17) is 0 Å². The van der Waals surface area contributed by atoms with E-state index in [1.807, 2.05) is 53.2 Å². The summed E-state index contributed by atoms with van der Waals surface area (Å²) in [5.41, 5.74) is 4.67. The van der Waals surface area contributed by atoms with Crippen LogP contribution in [0.4, 0.5) is 0 Å². The van der Waals surface area contributed by atoms with E-state index < -0.39 is 0 Å². The number of aryl methyl sites for hydroxylation is 1. The highest BCUT2D eigenvalue weighted by atomic mass is 32.2. The zero-order chi connectivity index (χ0) is 21.8. The molecule has 0 aliphatic rings. The first kappa shape index (κ1) is 20.2. The smallest absolute Gasteiger partial charge is 0.162 e. The van der Waals surface area contributed by atoms with Crippen LogP contribution in [0.1, 0.15) is 40.3 Å². The Balaban J connectivity index is 1.21. The van der Waals surface area contributed by atoms with Crippen LogP contribution in [-0.4, -0.2) is 40.5 Å². The van der Waals surface area contributed by atoms with E-state index in [0.29, 0.717) is 12.8 Å². The lowest BCUT2D eigenvalue weighted by Gasteiger charge is -2.03. The molecule has 0 atom stereocenters. The molecule has 0 amide bonds. The molecule has 0 aliphatic heterocycles. The highest BCUT2D eigenvalue weighted by molar-refractivity contribution is 7.99. The van der Waals surface area contributed by atoms with Crippen LogP contribution in [0.3, 0.4) is 0 Å². The summed E-state index contributed by atoms with van der Waals surface area (Å²) in [6.45, 7) is 0. The van der Waals surface area contributed by atoms with Crippen LogP contribution in [0.25, 0.3) is 5.52 Å². The van der Waals surface area contributed by atoms with Crippen molar-refractivity contribution in [2.75, 3.05) is 0 Å². The molecular formula is C23H21N7OS. The van der Waals surface area contributed by atoms with Gasteiger partial charge in [-0.3, -0.25) is 9.89 Å². The normalized spacial score (nSPS) is 11.2. The number of nitrogens with one attached hydrogen (secondary N) is 2. The molecule has 0 bridgehead atoms. The number of carbonyl (C=O) groups is 1. The summed E-state index contributed by atoms with van der Waals surface area (Å²) in [5.74, 6) is 0.148. The number of aromatic amines is 2. The highest BCUT2D eigenvalue weighted by Crippen LogP contribution is 2.28. The zero-order valence-corrected chi connectivity index (χ0v) is 18.0. The molecule has 5 rings (SSSR count). The van der Waals surface area contributed by atoms with Crippen molar-refractivity contribution in [1.82, 2.24) is 34.8 Å². The quantitative estimate of drug-likeness (QED) is 0.332. The van der Waals surface area contributed by atoms with Gasteiger partial charge in [0.05, 0.1) is 17.5 Å². The predicted octanol–water partition coefficient (Wildman–Crippen LogP) is 4.12. The highest BCUT2D eigenvalue weighted by Gasteiger charge is 2.11. The summed E-state index contributed by atoms with van der Waals surface area (Å²) in [6.07, 6.45) is 9.67. The summed E-state index contributed by atoms with van der Waals surface area (Å²) in [4.78, 5) is 25.1. The summed E-state index contributed by atoms with van der Waals surface area (Å²) in [6, 6.07) is 13.7. The average Bonchev–Trinajstić information content (AvgIpc) is 3.56. The lowest BCUT2D eigenvalue weighted by Crippen LogP contribution is -2.00. The van der Waals surface area contributed by atoms with Crippen molar-refractivity contribution in [1.29, 1.82) is 0 Å². The van der Waals surface area contributed by atoms with Crippen LogP contribution >= 0.6 is 11.8 Å². The number of benzene rings is 1. The fourth-order valence-corrected chi connectivity index (χ4v) is 4.44. The van der Waals surface area contributed by atoms with Gasteiger partial charge in [-0.1, -0.05) is 23.9 Å². The largest absolute Gasteiger partial charge is 0.348 e. The Morgan fingerprint density at radius 1 is 1.12 bits per heavy atom. The van der Waals surface area contributed by atoms with Gasteiger partial charge in [0.2, 0.25) is 0 Å². The van der Waals surface area contributed by atoms with Gasteiger partial charge in [-0.2, -0.15) is 10.2 Å². The van der Waals surface area contributed by atoms with Crippen molar-refractivity contribution in [2.45, 2.75) is 35.6 Å². The van der Waals surface area contributed by atoms with Gasteiger partial charge in [0, 0.05) is 47.1 Å². The molecule has 5 aromatic rings. The predicted molar refractivity (Wildman–Crippen MR) is 121 cm³/mol. The first-order valence-corrected chi connectivity index (χ1v) is 11.2. The molecule has 0 fully saturated rings. The topological polar surface area (TPSA) is 105 Å². The third kappa shape index (κ3) is 4.62. The number of hydrogen-bond acceptors (Lipinski definition) is 6. The number of Topliss-reactive ketones (excluding diaryl/α,β-unsaturated/α-hetero) is 1. The Morgan fingerprint density at radius 2 is 2.09 bits per heavy atom. The van der Waals surface area contributed by atoms with Crippen LogP contribution in [-0.2, 0) is 12.8 Å². The fraction of sp³-hybridized carbons (Fsp3) is 0.174. The van der Waals surface area contributed by atoms with E-state index in [1.165, 1.54) is 11.8 Å². The summed E-state index contributed by atoms with van der Waals surface area (Å²) in [7, 11) is 0. The molecule has 8 nitrogen and oxygen atoms in total. The average molecular weight is 444 g/mol. The SMILES string of the molecule is O=C(CCCc1cnc[nH]1)c1cccc(Sc2cc(Cc3ncnn4cccc34)[nH]n2)c1. The number of ketones is 1. The number of H-pyrrole nitrogens is 2. The molecule has 9 heteroatoms. The van der Waals surface area contributed by atoms with Crippen molar-refractivity contribution in [2.24, 2.45) is 0 Å². The van der Waals surface area contributed by atoms with Gasteiger partial charge in [0.1, 0.15) is 11.4 Å². The number of nitrogens with zero attached hydrogens (tertiary/aromatic N) is 5. The maximum Gasteiger partial charge on any atom is 0.162 e. The molecule has 0 saturated carbocycles. The third-order valence-electron chi connectivity index (χ3n) is 5.16. The zero-order valence-electron chi connectivity index (χ0n) is 17.2. The van der Waals surface area contributed by atoms with Gasteiger partial charge in [-0.15, -0.1) is 0 Å². The number of rotatable bonds is 9. The number of fused-ring (bicyclic) bond motifs is 1. The number of aromatic nitrogens is 7. The van der Waals surface area contributed by atoms with E-state index in [9.17, 15) is 4.79 Å². The van der Waals surface area contributed by atoms with Crippen LogP contribution in [0, 0.1) is 0 Å². The maximum absolute atomic E-state index is 12.6. The molecule has 4 aromatic heterocycles. The van der Waals surface area contributed by atoms with Crippen LogP contribution < -0.4 is 0 Å². The van der Waals surface area contributed by atoms with E-state index >= 15 is 0 Å². The molecular weight excluding hydrogens is 422 g/mol. The van der Waals surface area contributed by atoms with Gasteiger partial charge in [0.15, 0.2) is 5.78 Å². The molecule has 1 aromatic carbocycles. The van der Waals surface area contributed by atoms with Crippen LogP contribution in [0.5, 0.6) is 0 Å². The molecule has 0 spiro atoms. The van der Waals surface area contributed by atoms with Gasteiger partial charge >= 0.3 is 0 Å². The Morgan fingerprint density at radius 3 is 3.00 bits per heavy atom. The minimum atomic E-state index is 0.148. The fourth-order valence-electron chi connectivity index (χ4n) is 3.58. The molecule has 4 heterocycles. The monoisotopic (exact) mass is 443 g/mol. The van der Waals surface area contributed by atoms with E-state index in [2.05, 4.69) is 30.2 Å². The summed E-state index contributed by atoms with van der Waals surface area (Å²) < 4.78 is 1.81. The molecule has 0 unspecified atom stereocenters. The van der Waals surface area contributed by atoms with Crippen molar-refractivity contribution in [3.05, 3.63) is 90.2 Å².